The van der Waals surface area contributed by atoms with E-state index in [2.05, 4.69) is 5.32 Å². The standard InChI is InChI=1S/C16H14N2O6/c19-13-7-1-10(2-8-13)9-14(16(21)22)17-15(20)11-3-5-12(6-4-11)18(23)24/h1-8,14,19H,9H2,(H,17,20)(H,21,22)/t14-/m0/s1. The molecule has 0 bridgehead atoms. The Morgan fingerprint density at radius 2 is 1.67 bits per heavy atom. The quantitative estimate of drug-likeness (QED) is 0.546. The molecule has 0 saturated heterocycles. The molecule has 1 amide bonds. The predicted molar refractivity (Wildman–Crippen MR) is 83.8 cm³/mol. The summed E-state index contributed by atoms with van der Waals surface area (Å²) in [7, 11) is 0. The number of aromatic hydroxyl groups is 1. The molecule has 0 spiro atoms. The summed E-state index contributed by atoms with van der Waals surface area (Å²) >= 11 is 0. The fraction of sp³-hybridized carbons (Fsp3) is 0.125. The highest BCUT2D eigenvalue weighted by molar-refractivity contribution is 5.96. The molecule has 0 aliphatic rings. The van der Waals surface area contributed by atoms with Crippen LogP contribution in [0.25, 0.3) is 0 Å². The Balaban J connectivity index is 2.09. The van der Waals surface area contributed by atoms with E-state index in [-0.39, 0.29) is 23.4 Å². The number of carbonyl (C=O) groups is 2. The minimum atomic E-state index is -1.21. The molecule has 0 aliphatic heterocycles. The lowest BCUT2D eigenvalue weighted by molar-refractivity contribution is -0.384. The van der Waals surface area contributed by atoms with Crippen LogP contribution in [0.1, 0.15) is 15.9 Å². The molecule has 1 atom stereocenters. The number of non-ortho nitro benzene ring substituents is 1. The molecule has 0 unspecified atom stereocenters. The summed E-state index contributed by atoms with van der Waals surface area (Å²) in [6.45, 7) is 0. The summed E-state index contributed by atoms with van der Waals surface area (Å²) in [6, 6.07) is 9.65. The maximum Gasteiger partial charge on any atom is 0.326 e. The lowest BCUT2D eigenvalue weighted by Gasteiger charge is -2.14. The van der Waals surface area contributed by atoms with Crippen molar-refractivity contribution >= 4 is 17.6 Å². The van der Waals surface area contributed by atoms with E-state index in [9.17, 15) is 29.9 Å². The summed E-state index contributed by atoms with van der Waals surface area (Å²) in [5.41, 5.74) is 0.590. The number of rotatable bonds is 6. The van der Waals surface area contributed by atoms with Crippen molar-refractivity contribution < 1.29 is 24.7 Å². The van der Waals surface area contributed by atoms with Crippen LogP contribution in [-0.4, -0.2) is 33.1 Å². The number of amides is 1. The number of benzene rings is 2. The van der Waals surface area contributed by atoms with E-state index in [1.807, 2.05) is 0 Å². The molecular formula is C16H14N2O6. The van der Waals surface area contributed by atoms with E-state index in [4.69, 9.17) is 0 Å². The summed E-state index contributed by atoms with van der Waals surface area (Å²) in [4.78, 5) is 33.4. The fourth-order valence-electron chi connectivity index (χ4n) is 2.04. The molecule has 3 N–H and O–H groups in total. The maximum atomic E-state index is 12.1. The number of nitro groups is 1. The van der Waals surface area contributed by atoms with Gasteiger partial charge in [-0.2, -0.15) is 0 Å². The lowest BCUT2D eigenvalue weighted by atomic mass is 10.1. The molecule has 2 aromatic carbocycles. The Labute approximate surface area is 136 Å². The molecule has 0 aliphatic carbocycles. The first-order chi connectivity index (χ1) is 11.4. The number of carboxylic acids is 1. The maximum absolute atomic E-state index is 12.1. The number of aliphatic carboxylic acids is 1. The second kappa shape index (κ2) is 7.23. The zero-order chi connectivity index (χ0) is 17.7. The van der Waals surface area contributed by atoms with Gasteiger partial charge in [-0.05, 0) is 29.8 Å². The Bertz CT molecular complexity index is 755. The number of nitrogens with zero attached hydrogens (tertiary/aromatic N) is 1. The van der Waals surface area contributed by atoms with Gasteiger partial charge in [-0.1, -0.05) is 12.1 Å². The lowest BCUT2D eigenvalue weighted by Crippen LogP contribution is -2.42. The van der Waals surface area contributed by atoms with Crippen LogP contribution in [0.4, 0.5) is 5.69 Å². The Hall–Kier alpha value is -3.42. The number of phenolic OH excluding ortho intramolecular Hbond substituents is 1. The fourth-order valence-corrected chi connectivity index (χ4v) is 2.04. The normalized spacial score (nSPS) is 11.5. The number of carboxylic acid groups (broad SMARTS) is 1. The van der Waals surface area contributed by atoms with E-state index >= 15 is 0 Å². The van der Waals surface area contributed by atoms with Crippen LogP contribution >= 0.6 is 0 Å². The third-order valence-electron chi connectivity index (χ3n) is 3.32. The monoisotopic (exact) mass is 330 g/mol. The number of carbonyl (C=O) groups excluding carboxylic acids is 1. The molecule has 8 nitrogen and oxygen atoms in total. The number of hydrogen-bond donors (Lipinski definition) is 3. The van der Waals surface area contributed by atoms with Crippen LogP contribution < -0.4 is 5.32 Å². The van der Waals surface area contributed by atoms with Crippen molar-refractivity contribution in [3.63, 3.8) is 0 Å². The van der Waals surface area contributed by atoms with E-state index in [1.165, 1.54) is 36.4 Å². The van der Waals surface area contributed by atoms with Crippen LogP contribution in [0.3, 0.4) is 0 Å². The summed E-state index contributed by atoms with van der Waals surface area (Å²) < 4.78 is 0. The molecular weight excluding hydrogens is 316 g/mol. The molecule has 124 valence electrons. The predicted octanol–water partition coefficient (Wildman–Crippen LogP) is 1.73. The largest absolute Gasteiger partial charge is 0.508 e. The summed E-state index contributed by atoms with van der Waals surface area (Å²) in [6.07, 6.45) is 0.0360. The number of phenols is 1. The van der Waals surface area contributed by atoms with E-state index < -0.39 is 22.8 Å². The Morgan fingerprint density at radius 3 is 2.17 bits per heavy atom. The van der Waals surface area contributed by atoms with Gasteiger partial charge in [-0.25, -0.2) is 4.79 Å². The molecule has 24 heavy (non-hydrogen) atoms. The molecule has 0 aromatic heterocycles. The van der Waals surface area contributed by atoms with Crippen molar-refractivity contribution in [3.8, 4) is 5.75 Å². The highest BCUT2D eigenvalue weighted by Crippen LogP contribution is 2.14. The van der Waals surface area contributed by atoms with Crippen LogP contribution in [0.5, 0.6) is 5.75 Å². The van der Waals surface area contributed by atoms with Gasteiger partial charge in [0.05, 0.1) is 4.92 Å². The first-order valence-electron chi connectivity index (χ1n) is 6.93. The smallest absolute Gasteiger partial charge is 0.326 e. The molecule has 0 fully saturated rings. The molecule has 0 saturated carbocycles. The van der Waals surface area contributed by atoms with E-state index in [0.717, 1.165) is 0 Å². The average molecular weight is 330 g/mol. The van der Waals surface area contributed by atoms with Crippen molar-refractivity contribution in [3.05, 3.63) is 69.8 Å². The van der Waals surface area contributed by atoms with Crippen molar-refractivity contribution in [1.82, 2.24) is 5.32 Å². The van der Waals surface area contributed by atoms with Gasteiger partial charge < -0.3 is 15.5 Å². The van der Waals surface area contributed by atoms with Crippen LogP contribution in [0.2, 0.25) is 0 Å². The summed E-state index contributed by atoms with van der Waals surface area (Å²) in [5.74, 6) is -1.80. The Kier molecular flexibility index (Phi) is 5.10. The van der Waals surface area contributed by atoms with Crippen molar-refractivity contribution in [1.29, 1.82) is 0 Å². The Morgan fingerprint density at radius 1 is 1.08 bits per heavy atom. The second-order valence-electron chi connectivity index (χ2n) is 5.04. The zero-order valence-electron chi connectivity index (χ0n) is 12.4. The van der Waals surface area contributed by atoms with E-state index in [1.54, 1.807) is 12.1 Å². The third-order valence-corrected chi connectivity index (χ3v) is 3.32. The van der Waals surface area contributed by atoms with Crippen LogP contribution in [0, 0.1) is 10.1 Å². The minimum absolute atomic E-state index is 0.0360. The van der Waals surface area contributed by atoms with Crippen molar-refractivity contribution in [2.24, 2.45) is 0 Å². The summed E-state index contributed by atoms with van der Waals surface area (Å²) in [5, 5.41) is 31.4. The van der Waals surface area contributed by atoms with Gasteiger partial charge in [-0.15, -0.1) is 0 Å². The minimum Gasteiger partial charge on any atom is -0.508 e. The van der Waals surface area contributed by atoms with Crippen LogP contribution in [0.15, 0.2) is 48.5 Å². The van der Waals surface area contributed by atoms with E-state index in [0.29, 0.717) is 5.56 Å². The van der Waals surface area contributed by atoms with Gasteiger partial charge in [-0.3, -0.25) is 14.9 Å². The SMILES string of the molecule is O=C(N[C@@H](Cc1ccc(O)cc1)C(=O)O)c1ccc([N+](=O)[O-])cc1. The highest BCUT2D eigenvalue weighted by Gasteiger charge is 2.21. The van der Waals surface area contributed by atoms with Crippen molar-refractivity contribution in [2.75, 3.05) is 0 Å². The molecule has 2 aromatic rings. The topological polar surface area (TPSA) is 130 Å². The molecule has 8 heteroatoms. The average Bonchev–Trinajstić information content (AvgIpc) is 2.56. The highest BCUT2D eigenvalue weighted by atomic mass is 16.6. The number of nitro benzene ring substituents is 1. The molecule has 0 radical (unpaired) electrons. The van der Waals surface area contributed by atoms with Gasteiger partial charge >= 0.3 is 5.97 Å². The molecule has 2 rings (SSSR count). The van der Waals surface area contributed by atoms with Crippen molar-refractivity contribution in [2.45, 2.75) is 12.5 Å². The molecule has 0 heterocycles. The van der Waals surface area contributed by atoms with Crippen LogP contribution in [-0.2, 0) is 11.2 Å². The van der Waals surface area contributed by atoms with Gasteiger partial charge in [0.1, 0.15) is 11.8 Å². The first-order valence-corrected chi connectivity index (χ1v) is 6.93. The number of nitrogens with one attached hydrogen (secondary N) is 1. The zero-order valence-corrected chi connectivity index (χ0v) is 12.4. The van der Waals surface area contributed by atoms with Gasteiger partial charge in [0.25, 0.3) is 11.6 Å². The number of hydrogen-bond acceptors (Lipinski definition) is 5. The first kappa shape index (κ1) is 16.9. The van der Waals surface area contributed by atoms with Gasteiger partial charge in [0.2, 0.25) is 0 Å². The second-order valence-corrected chi connectivity index (χ2v) is 5.04. The third kappa shape index (κ3) is 4.29. The van der Waals surface area contributed by atoms with Gasteiger partial charge in [0.15, 0.2) is 0 Å². The van der Waals surface area contributed by atoms with Gasteiger partial charge in [0, 0.05) is 24.1 Å².